The topological polar surface area (TPSA) is 52.6 Å². The van der Waals surface area contributed by atoms with Crippen LogP contribution >= 0.6 is 0 Å². The van der Waals surface area contributed by atoms with Gasteiger partial charge in [0.2, 0.25) is 0 Å². The molecule has 4 aliphatic carbocycles. The highest BCUT2D eigenvalue weighted by Crippen LogP contribution is 2.68. The van der Waals surface area contributed by atoms with E-state index in [2.05, 4.69) is 26.8 Å². The second kappa shape index (κ2) is 8.29. The molecule has 5 rings (SSSR count). The summed E-state index contributed by atoms with van der Waals surface area (Å²) in [5.74, 6) is 1.97. The normalized spacial score (nSPS) is 40.1. The minimum atomic E-state index is -0.207. The van der Waals surface area contributed by atoms with Crippen molar-refractivity contribution in [2.45, 2.75) is 84.8 Å². The van der Waals surface area contributed by atoms with Crippen LogP contribution in [0, 0.1) is 34.5 Å². The van der Waals surface area contributed by atoms with Gasteiger partial charge in [-0.1, -0.05) is 43.7 Å². The smallest absolute Gasteiger partial charge is 0.338 e. The van der Waals surface area contributed by atoms with Crippen molar-refractivity contribution in [3.05, 3.63) is 47.5 Å². The molecule has 0 saturated heterocycles. The average Bonchev–Trinajstić information content (AvgIpc) is 3.28. The molecule has 0 unspecified atom stereocenters. The lowest BCUT2D eigenvalue weighted by Gasteiger charge is -2.51. The van der Waals surface area contributed by atoms with Gasteiger partial charge < -0.3 is 9.47 Å². The third-order valence-electron chi connectivity index (χ3n) is 9.99. The summed E-state index contributed by atoms with van der Waals surface area (Å²) in [4.78, 5) is 24.2. The minimum absolute atomic E-state index is 0.0436. The number of ether oxygens (including phenoxy) is 2. The van der Waals surface area contributed by atoms with E-state index < -0.39 is 0 Å². The van der Waals surface area contributed by atoms with E-state index in [1.165, 1.54) is 31.8 Å². The van der Waals surface area contributed by atoms with Gasteiger partial charge in [0.05, 0.1) is 5.56 Å². The zero-order valence-electron chi connectivity index (χ0n) is 20.5. The van der Waals surface area contributed by atoms with E-state index in [-0.39, 0.29) is 35.0 Å². The molecule has 178 valence electrons. The van der Waals surface area contributed by atoms with Crippen LogP contribution in [0.1, 0.15) is 83.0 Å². The first-order valence-electron chi connectivity index (χ1n) is 12.9. The molecule has 0 aromatic heterocycles. The highest BCUT2D eigenvalue weighted by atomic mass is 16.5. The van der Waals surface area contributed by atoms with Crippen molar-refractivity contribution in [3.8, 4) is 0 Å². The lowest BCUT2D eigenvalue weighted by Crippen LogP contribution is -2.46. The summed E-state index contributed by atoms with van der Waals surface area (Å²) in [5.41, 5.74) is 2.62. The molecule has 0 amide bonds. The van der Waals surface area contributed by atoms with E-state index in [4.69, 9.17) is 9.47 Å². The van der Waals surface area contributed by atoms with Gasteiger partial charge in [-0.2, -0.15) is 0 Å². The monoisotopic (exact) mass is 450 g/mol. The van der Waals surface area contributed by atoms with Gasteiger partial charge in [-0.25, -0.2) is 4.79 Å². The number of hydrogen-bond donors (Lipinski definition) is 0. The van der Waals surface area contributed by atoms with Crippen molar-refractivity contribution < 1.29 is 19.1 Å². The standard InChI is InChI=1S/C29H38O4/c1-18(32-27(31)20-8-6-5-7-9-20)24-10-11-25-23-17-21-16-22(33-19(2)30)12-14-28(21,3)26(23)13-15-29(24,25)4/h5-9,17-18,22-26H,10-16H2,1-4H3/t18-,22+,23+,24-,25+,26+,28+,29-/m1/s1. The zero-order chi connectivity index (χ0) is 23.4. The van der Waals surface area contributed by atoms with Gasteiger partial charge in [0.15, 0.2) is 0 Å². The van der Waals surface area contributed by atoms with E-state index in [9.17, 15) is 9.59 Å². The van der Waals surface area contributed by atoms with Gasteiger partial charge >= 0.3 is 11.9 Å². The largest absolute Gasteiger partial charge is 0.462 e. The van der Waals surface area contributed by atoms with Gasteiger partial charge in [0, 0.05) is 19.3 Å². The van der Waals surface area contributed by atoms with Crippen LogP contribution in [0.25, 0.3) is 0 Å². The molecule has 33 heavy (non-hydrogen) atoms. The van der Waals surface area contributed by atoms with Crippen LogP contribution in [-0.2, 0) is 14.3 Å². The number of carbonyl (C=O) groups excluding carboxylic acids is 2. The number of fused-ring (bicyclic) bond motifs is 5. The van der Waals surface area contributed by atoms with Crippen molar-refractivity contribution >= 4 is 11.9 Å². The van der Waals surface area contributed by atoms with E-state index in [0.717, 1.165) is 25.7 Å². The summed E-state index contributed by atoms with van der Waals surface area (Å²) < 4.78 is 11.6. The van der Waals surface area contributed by atoms with Crippen molar-refractivity contribution in [1.29, 1.82) is 0 Å². The van der Waals surface area contributed by atoms with Gasteiger partial charge in [0.1, 0.15) is 12.2 Å². The molecule has 8 atom stereocenters. The van der Waals surface area contributed by atoms with Crippen LogP contribution in [0.4, 0.5) is 0 Å². The van der Waals surface area contributed by atoms with Crippen molar-refractivity contribution in [3.63, 3.8) is 0 Å². The number of esters is 2. The Kier molecular flexibility index (Phi) is 5.69. The third-order valence-corrected chi connectivity index (χ3v) is 9.99. The fourth-order valence-electron chi connectivity index (χ4n) is 8.33. The Morgan fingerprint density at radius 2 is 1.76 bits per heavy atom. The number of rotatable bonds is 4. The molecule has 0 aliphatic heterocycles. The molecule has 4 nitrogen and oxygen atoms in total. The van der Waals surface area contributed by atoms with Crippen LogP contribution in [0.5, 0.6) is 0 Å². The Morgan fingerprint density at radius 3 is 2.48 bits per heavy atom. The highest BCUT2D eigenvalue weighted by Gasteiger charge is 2.61. The predicted octanol–water partition coefficient (Wildman–Crippen LogP) is 6.35. The van der Waals surface area contributed by atoms with Gasteiger partial charge in [-0.15, -0.1) is 0 Å². The number of allylic oxidation sites excluding steroid dienone is 1. The number of benzene rings is 1. The molecule has 4 aliphatic rings. The van der Waals surface area contributed by atoms with E-state index in [1.807, 2.05) is 30.3 Å². The van der Waals surface area contributed by atoms with Crippen molar-refractivity contribution in [1.82, 2.24) is 0 Å². The average molecular weight is 451 g/mol. The van der Waals surface area contributed by atoms with Crippen LogP contribution in [0.15, 0.2) is 42.0 Å². The predicted molar refractivity (Wildman–Crippen MR) is 127 cm³/mol. The maximum Gasteiger partial charge on any atom is 0.338 e. The maximum absolute atomic E-state index is 12.7. The Hall–Kier alpha value is -2.10. The Balaban J connectivity index is 1.32. The number of hydrogen-bond acceptors (Lipinski definition) is 4. The quantitative estimate of drug-likeness (QED) is 0.396. The van der Waals surface area contributed by atoms with Crippen LogP contribution in [-0.4, -0.2) is 24.1 Å². The van der Waals surface area contributed by atoms with E-state index in [0.29, 0.717) is 29.2 Å². The first kappa shape index (κ1) is 22.7. The highest BCUT2D eigenvalue weighted by molar-refractivity contribution is 5.89. The van der Waals surface area contributed by atoms with Crippen molar-refractivity contribution in [2.75, 3.05) is 0 Å². The van der Waals surface area contributed by atoms with Crippen LogP contribution < -0.4 is 0 Å². The molecule has 1 aromatic carbocycles. The Labute approximate surface area is 198 Å². The summed E-state index contributed by atoms with van der Waals surface area (Å²) >= 11 is 0. The fraction of sp³-hybridized carbons (Fsp3) is 0.655. The lowest BCUT2D eigenvalue weighted by molar-refractivity contribution is -0.148. The maximum atomic E-state index is 12.7. The van der Waals surface area contributed by atoms with E-state index >= 15 is 0 Å². The Morgan fingerprint density at radius 1 is 1.00 bits per heavy atom. The summed E-state index contributed by atoms with van der Waals surface area (Å²) in [6.07, 6.45) is 10.3. The Bertz CT molecular complexity index is 952. The lowest BCUT2D eigenvalue weighted by atomic mass is 9.53. The molecule has 3 fully saturated rings. The molecule has 0 spiro atoms. The molecular formula is C29H38O4. The molecule has 1 aromatic rings. The third kappa shape index (κ3) is 3.74. The summed E-state index contributed by atoms with van der Waals surface area (Å²) in [7, 11) is 0. The molecule has 0 heterocycles. The number of carbonyl (C=O) groups is 2. The van der Waals surface area contributed by atoms with E-state index in [1.54, 1.807) is 0 Å². The summed E-state index contributed by atoms with van der Waals surface area (Å²) in [6, 6.07) is 9.35. The second-order valence-corrected chi connectivity index (χ2v) is 11.6. The zero-order valence-corrected chi connectivity index (χ0v) is 20.5. The molecule has 3 saturated carbocycles. The van der Waals surface area contributed by atoms with Gasteiger partial charge in [0.25, 0.3) is 0 Å². The van der Waals surface area contributed by atoms with Crippen LogP contribution in [0.3, 0.4) is 0 Å². The molecular weight excluding hydrogens is 412 g/mol. The molecule has 0 bridgehead atoms. The first-order chi connectivity index (χ1) is 15.7. The minimum Gasteiger partial charge on any atom is -0.462 e. The van der Waals surface area contributed by atoms with Crippen molar-refractivity contribution in [2.24, 2.45) is 34.5 Å². The summed E-state index contributed by atoms with van der Waals surface area (Å²) in [6.45, 7) is 8.55. The van der Waals surface area contributed by atoms with Crippen LogP contribution in [0.2, 0.25) is 0 Å². The van der Waals surface area contributed by atoms with Gasteiger partial charge in [-0.3, -0.25) is 4.79 Å². The molecule has 0 N–H and O–H groups in total. The molecule has 0 radical (unpaired) electrons. The molecule has 4 heteroatoms. The fourth-order valence-corrected chi connectivity index (χ4v) is 8.33. The van der Waals surface area contributed by atoms with Gasteiger partial charge in [-0.05, 0) is 86.2 Å². The second-order valence-electron chi connectivity index (χ2n) is 11.6. The first-order valence-corrected chi connectivity index (χ1v) is 12.9. The SMILES string of the molecule is CC(=O)O[C@H]1CC[C@@]2(C)C(=C[C@H]3[C@@H]4CC[C@H]([C@@H](C)OC(=O)c5ccccc5)[C@@]4(C)CC[C@@H]32)C1. The summed E-state index contributed by atoms with van der Waals surface area (Å²) in [5, 5.41) is 0.